The molecule has 1 aliphatic carbocycles. The van der Waals surface area contributed by atoms with Crippen LogP contribution in [0.15, 0.2) is 12.1 Å². The van der Waals surface area contributed by atoms with Crippen molar-refractivity contribution in [2.75, 3.05) is 13.2 Å². The molecule has 25 heavy (non-hydrogen) atoms. The van der Waals surface area contributed by atoms with Crippen LogP contribution in [-0.2, 0) is 4.74 Å². The Balaban J connectivity index is 1.71. The molecule has 0 aromatic carbocycles. The number of rotatable bonds is 8. The van der Waals surface area contributed by atoms with Gasteiger partial charge in [-0.1, -0.05) is 0 Å². The lowest BCUT2D eigenvalue weighted by Gasteiger charge is -2.07. The van der Waals surface area contributed by atoms with E-state index in [9.17, 15) is 13.6 Å². The van der Waals surface area contributed by atoms with Crippen molar-refractivity contribution in [1.29, 1.82) is 0 Å². The van der Waals surface area contributed by atoms with Gasteiger partial charge in [0, 0.05) is 30.8 Å². The zero-order valence-electron chi connectivity index (χ0n) is 14.3. The molecule has 2 heterocycles. The molecular formula is C17H22F2N4O2. The van der Waals surface area contributed by atoms with Crippen LogP contribution in [-0.4, -0.2) is 39.8 Å². The van der Waals surface area contributed by atoms with E-state index in [2.05, 4.69) is 15.4 Å². The number of alkyl halides is 2. The number of nitrogens with one attached hydrogen (secondary N) is 1. The standard InChI is InChI=1S/C17H22F2N4O2/c1-10(2)25-7-3-6-20-17(24)13-9-15-21-12(11-4-5-11)8-14(16(18)19)23(15)22-13/h8-11,16H,3-7H2,1-2H3,(H,20,24). The van der Waals surface area contributed by atoms with E-state index in [1.54, 1.807) is 0 Å². The molecule has 8 heteroatoms. The van der Waals surface area contributed by atoms with Crippen molar-refractivity contribution >= 4 is 11.6 Å². The summed E-state index contributed by atoms with van der Waals surface area (Å²) in [6, 6.07) is 2.85. The highest BCUT2D eigenvalue weighted by Gasteiger charge is 2.28. The van der Waals surface area contributed by atoms with Crippen LogP contribution in [0.1, 0.15) is 67.3 Å². The number of carbonyl (C=O) groups is 1. The van der Waals surface area contributed by atoms with Gasteiger partial charge >= 0.3 is 0 Å². The summed E-state index contributed by atoms with van der Waals surface area (Å²) in [5.41, 5.74) is 0.803. The highest BCUT2D eigenvalue weighted by atomic mass is 19.3. The third-order valence-corrected chi connectivity index (χ3v) is 3.98. The molecule has 1 aliphatic rings. The van der Waals surface area contributed by atoms with Gasteiger partial charge in [0.2, 0.25) is 0 Å². The Morgan fingerprint density at radius 2 is 2.16 bits per heavy atom. The fourth-order valence-corrected chi connectivity index (χ4v) is 2.56. The molecule has 1 N–H and O–H groups in total. The Kier molecular flexibility index (Phi) is 5.27. The first-order valence-electron chi connectivity index (χ1n) is 8.54. The smallest absolute Gasteiger partial charge is 0.280 e. The van der Waals surface area contributed by atoms with Crippen molar-refractivity contribution in [2.45, 2.75) is 51.6 Å². The third-order valence-electron chi connectivity index (χ3n) is 3.98. The molecule has 1 amide bonds. The van der Waals surface area contributed by atoms with Gasteiger partial charge in [-0.2, -0.15) is 5.10 Å². The summed E-state index contributed by atoms with van der Waals surface area (Å²) in [5, 5.41) is 6.73. The molecule has 3 rings (SSSR count). The molecule has 0 spiro atoms. The van der Waals surface area contributed by atoms with E-state index in [1.807, 2.05) is 13.8 Å². The summed E-state index contributed by atoms with van der Waals surface area (Å²) in [5.74, 6) is -0.154. The fraction of sp³-hybridized carbons (Fsp3) is 0.588. The van der Waals surface area contributed by atoms with Gasteiger partial charge in [0.05, 0.1) is 6.10 Å². The van der Waals surface area contributed by atoms with Crippen molar-refractivity contribution in [1.82, 2.24) is 19.9 Å². The minimum absolute atomic E-state index is 0.0899. The van der Waals surface area contributed by atoms with E-state index in [0.29, 0.717) is 25.3 Å². The van der Waals surface area contributed by atoms with Crippen LogP contribution in [0.3, 0.4) is 0 Å². The largest absolute Gasteiger partial charge is 0.379 e. The van der Waals surface area contributed by atoms with Crippen LogP contribution in [0.5, 0.6) is 0 Å². The van der Waals surface area contributed by atoms with E-state index in [1.165, 1.54) is 12.1 Å². The van der Waals surface area contributed by atoms with Gasteiger partial charge in [-0.05, 0) is 39.2 Å². The average molecular weight is 352 g/mol. The number of nitrogens with zero attached hydrogens (tertiary/aromatic N) is 3. The van der Waals surface area contributed by atoms with E-state index >= 15 is 0 Å². The summed E-state index contributed by atoms with van der Waals surface area (Å²) in [4.78, 5) is 16.6. The van der Waals surface area contributed by atoms with Gasteiger partial charge in [0.15, 0.2) is 11.3 Å². The zero-order valence-corrected chi connectivity index (χ0v) is 14.3. The molecule has 0 aliphatic heterocycles. The second kappa shape index (κ2) is 7.43. The summed E-state index contributed by atoms with van der Waals surface area (Å²) in [6.45, 7) is 4.87. The Labute approximate surface area is 144 Å². The lowest BCUT2D eigenvalue weighted by Crippen LogP contribution is -2.26. The zero-order chi connectivity index (χ0) is 18.0. The molecule has 2 aromatic rings. The van der Waals surface area contributed by atoms with Gasteiger partial charge in [-0.3, -0.25) is 4.79 Å². The first-order chi connectivity index (χ1) is 12.0. The summed E-state index contributed by atoms with van der Waals surface area (Å²) in [7, 11) is 0. The fourth-order valence-electron chi connectivity index (χ4n) is 2.56. The third kappa shape index (κ3) is 4.31. The minimum Gasteiger partial charge on any atom is -0.379 e. The number of ether oxygens (including phenoxy) is 1. The number of halogens is 2. The molecule has 6 nitrogen and oxygen atoms in total. The Morgan fingerprint density at radius 1 is 1.40 bits per heavy atom. The number of hydrogen-bond acceptors (Lipinski definition) is 4. The van der Waals surface area contributed by atoms with Crippen LogP contribution < -0.4 is 5.32 Å². The lowest BCUT2D eigenvalue weighted by molar-refractivity contribution is 0.0756. The Hall–Kier alpha value is -2.09. The molecule has 0 atom stereocenters. The summed E-state index contributed by atoms with van der Waals surface area (Å²) in [6.07, 6.45) is 0.0712. The van der Waals surface area contributed by atoms with E-state index in [0.717, 1.165) is 17.4 Å². The highest BCUT2D eigenvalue weighted by Crippen LogP contribution is 2.40. The minimum atomic E-state index is -2.67. The maximum Gasteiger partial charge on any atom is 0.280 e. The van der Waals surface area contributed by atoms with E-state index < -0.39 is 12.3 Å². The van der Waals surface area contributed by atoms with Crippen molar-refractivity contribution in [2.24, 2.45) is 0 Å². The van der Waals surface area contributed by atoms with Gasteiger partial charge in [-0.15, -0.1) is 0 Å². The van der Waals surface area contributed by atoms with Crippen LogP contribution in [0, 0.1) is 0 Å². The molecule has 0 unspecified atom stereocenters. The lowest BCUT2D eigenvalue weighted by atomic mass is 10.2. The number of aromatic nitrogens is 3. The van der Waals surface area contributed by atoms with Gasteiger partial charge in [-0.25, -0.2) is 18.3 Å². The van der Waals surface area contributed by atoms with Crippen molar-refractivity contribution in [3.63, 3.8) is 0 Å². The molecule has 2 aromatic heterocycles. The average Bonchev–Trinajstić information content (AvgIpc) is 3.31. The first kappa shape index (κ1) is 17.7. The van der Waals surface area contributed by atoms with Gasteiger partial charge < -0.3 is 10.1 Å². The van der Waals surface area contributed by atoms with Crippen molar-refractivity contribution in [3.8, 4) is 0 Å². The predicted octanol–water partition coefficient (Wildman–Crippen LogP) is 3.09. The number of hydrogen-bond donors (Lipinski definition) is 1. The maximum atomic E-state index is 13.3. The monoisotopic (exact) mass is 352 g/mol. The van der Waals surface area contributed by atoms with E-state index in [-0.39, 0.29) is 29.1 Å². The van der Waals surface area contributed by atoms with Crippen LogP contribution >= 0.6 is 0 Å². The molecular weight excluding hydrogens is 330 g/mol. The van der Waals surface area contributed by atoms with Gasteiger partial charge in [0.25, 0.3) is 12.3 Å². The highest BCUT2D eigenvalue weighted by molar-refractivity contribution is 5.93. The van der Waals surface area contributed by atoms with Crippen molar-refractivity contribution in [3.05, 3.63) is 29.2 Å². The van der Waals surface area contributed by atoms with Crippen molar-refractivity contribution < 1.29 is 18.3 Å². The number of fused-ring (bicyclic) bond motifs is 1. The summed E-state index contributed by atoms with van der Waals surface area (Å²) >= 11 is 0. The molecule has 136 valence electrons. The molecule has 1 saturated carbocycles. The quantitative estimate of drug-likeness (QED) is 0.741. The van der Waals surface area contributed by atoms with Crippen LogP contribution in [0.25, 0.3) is 5.65 Å². The summed E-state index contributed by atoms with van der Waals surface area (Å²) < 4.78 is 33.1. The second-order valence-electron chi connectivity index (χ2n) is 6.51. The SMILES string of the molecule is CC(C)OCCCNC(=O)c1cc2nc(C3CC3)cc(C(F)F)n2n1. The molecule has 0 radical (unpaired) electrons. The Morgan fingerprint density at radius 3 is 2.80 bits per heavy atom. The van der Waals surface area contributed by atoms with Crippen LogP contribution in [0.4, 0.5) is 8.78 Å². The predicted molar refractivity (Wildman–Crippen MR) is 88.0 cm³/mol. The molecule has 1 fully saturated rings. The topological polar surface area (TPSA) is 68.5 Å². The number of amides is 1. The normalized spacial score (nSPS) is 14.6. The van der Waals surface area contributed by atoms with E-state index in [4.69, 9.17) is 4.74 Å². The molecule has 0 bridgehead atoms. The molecule has 0 saturated heterocycles. The number of carbonyl (C=O) groups excluding carboxylic acids is 1. The maximum absolute atomic E-state index is 13.3. The Bertz CT molecular complexity index is 756. The van der Waals surface area contributed by atoms with Crippen LogP contribution in [0.2, 0.25) is 0 Å². The van der Waals surface area contributed by atoms with Gasteiger partial charge in [0.1, 0.15) is 5.69 Å². The first-order valence-corrected chi connectivity index (χ1v) is 8.54. The second-order valence-corrected chi connectivity index (χ2v) is 6.51.